The van der Waals surface area contributed by atoms with Crippen LogP contribution in [0, 0.1) is 10.8 Å². The largest absolute Gasteiger partial charge is 0.385 e. The summed E-state index contributed by atoms with van der Waals surface area (Å²) in [5, 5.41) is 7.00. The lowest BCUT2D eigenvalue weighted by Crippen LogP contribution is -2.44. The highest BCUT2D eigenvalue weighted by molar-refractivity contribution is 14.0. The lowest BCUT2D eigenvalue weighted by molar-refractivity contribution is 0.172. The SMILES string of the molecule is CN=C(NCC1(CCOC)CC1)NC(C)CCC(C)(C)C.I. The number of rotatable bonds is 8. The van der Waals surface area contributed by atoms with E-state index in [-0.39, 0.29) is 24.0 Å². The van der Waals surface area contributed by atoms with Crippen LogP contribution in [-0.4, -0.2) is 39.3 Å². The van der Waals surface area contributed by atoms with Crippen LogP contribution in [0.3, 0.4) is 0 Å². The fraction of sp³-hybridized carbons (Fsp3) is 0.941. The van der Waals surface area contributed by atoms with Gasteiger partial charge in [0, 0.05) is 33.4 Å². The van der Waals surface area contributed by atoms with Crippen molar-refractivity contribution in [1.82, 2.24) is 10.6 Å². The summed E-state index contributed by atoms with van der Waals surface area (Å²) in [6.45, 7) is 11.0. The average Bonchev–Trinajstić information content (AvgIpc) is 3.18. The van der Waals surface area contributed by atoms with E-state index in [0.717, 1.165) is 25.5 Å². The number of nitrogens with zero attached hydrogens (tertiary/aromatic N) is 1. The summed E-state index contributed by atoms with van der Waals surface area (Å²) in [6, 6.07) is 0.449. The van der Waals surface area contributed by atoms with Crippen molar-refractivity contribution in [3.8, 4) is 0 Å². The normalized spacial score (nSPS) is 18.4. The molecular formula is C17H36IN3O. The van der Waals surface area contributed by atoms with Crippen molar-refractivity contribution in [3.05, 3.63) is 0 Å². The van der Waals surface area contributed by atoms with E-state index in [9.17, 15) is 0 Å². The molecule has 1 atom stereocenters. The van der Waals surface area contributed by atoms with Crippen LogP contribution in [0.5, 0.6) is 0 Å². The Balaban J connectivity index is 0.00000441. The van der Waals surface area contributed by atoms with E-state index in [1.54, 1.807) is 7.11 Å². The first kappa shape index (κ1) is 22.0. The first-order valence-electron chi connectivity index (χ1n) is 8.26. The van der Waals surface area contributed by atoms with Crippen LogP contribution < -0.4 is 10.6 Å². The third kappa shape index (κ3) is 9.18. The topological polar surface area (TPSA) is 45.7 Å². The fourth-order valence-electron chi connectivity index (χ4n) is 2.43. The quantitative estimate of drug-likeness (QED) is 0.353. The van der Waals surface area contributed by atoms with Crippen LogP contribution in [0.1, 0.15) is 59.8 Å². The molecule has 1 unspecified atom stereocenters. The van der Waals surface area contributed by atoms with Gasteiger partial charge in [-0.05, 0) is 49.9 Å². The minimum absolute atomic E-state index is 0. The van der Waals surface area contributed by atoms with Crippen molar-refractivity contribution in [3.63, 3.8) is 0 Å². The number of methoxy groups -OCH3 is 1. The number of aliphatic imine (C=N–C) groups is 1. The van der Waals surface area contributed by atoms with Gasteiger partial charge >= 0.3 is 0 Å². The van der Waals surface area contributed by atoms with Crippen molar-refractivity contribution in [2.24, 2.45) is 15.8 Å². The number of hydrogen-bond donors (Lipinski definition) is 2. The number of halogens is 1. The average molecular weight is 425 g/mol. The zero-order chi connectivity index (χ0) is 15.9. The number of guanidine groups is 1. The summed E-state index contributed by atoms with van der Waals surface area (Å²) in [5.41, 5.74) is 0.841. The lowest BCUT2D eigenvalue weighted by atomic mass is 9.89. The molecule has 2 N–H and O–H groups in total. The maximum atomic E-state index is 5.21. The second-order valence-electron chi connectivity index (χ2n) is 7.81. The van der Waals surface area contributed by atoms with Crippen LogP contribution in [-0.2, 0) is 4.74 Å². The van der Waals surface area contributed by atoms with Gasteiger partial charge in [0.15, 0.2) is 5.96 Å². The molecule has 0 spiro atoms. The van der Waals surface area contributed by atoms with Crippen molar-refractivity contribution >= 4 is 29.9 Å². The Kier molecular flexibility index (Phi) is 9.94. The molecule has 1 fully saturated rings. The molecule has 0 bridgehead atoms. The summed E-state index contributed by atoms with van der Waals surface area (Å²) in [5.74, 6) is 0.931. The second kappa shape index (κ2) is 9.96. The van der Waals surface area contributed by atoms with Crippen LogP contribution in [0.25, 0.3) is 0 Å². The minimum atomic E-state index is 0. The molecule has 1 rings (SSSR count). The van der Waals surface area contributed by atoms with Gasteiger partial charge in [-0.3, -0.25) is 4.99 Å². The predicted octanol–water partition coefficient (Wildman–Crippen LogP) is 3.80. The summed E-state index contributed by atoms with van der Waals surface area (Å²) in [4.78, 5) is 4.35. The molecule has 0 aliphatic heterocycles. The lowest BCUT2D eigenvalue weighted by Gasteiger charge is -2.24. The molecule has 0 radical (unpaired) electrons. The molecular weight excluding hydrogens is 389 g/mol. The van der Waals surface area contributed by atoms with Gasteiger partial charge in [-0.1, -0.05) is 20.8 Å². The van der Waals surface area contributed by atoms with E-state index in [0.29, 0.717) is 16.9 Å². The van der Waals surface area contributed by atoms with Crippen molar-refractivity contribution < 1.29 is 4.74 Å². The Hall–Kier alpha value is -0.0400. The zero-order valence-electron chi connectivity index (χ0n) is 15.3. The van der Waals surface area contributed by atoms with E-state index in [1.165, 1.54) is 25.7 Å². The number of ether oxygens (including phenoxy) is 1. The monoisotopic (exact) mass is 425 g/mol. The minimum Gasteiger partial charge on any atom is -0.385 e. The first-order chi connectivity index (χ1) is 9.80. The van der Waals surface area contributed by atoms with E-state index < -0.39 is 0 Å². The molecule has 1 saturated carbocycles. The highest BCUT2D eigenvalue weighted by atomic mass is 127. The van der Waals surface area contributed by atoms with E-state index >= 15 is 0 Å². The highest BCUT2D eigenvalue weighted by Gasteiger charge is 2.41. The Bertz CT molecular complexity index is 335. The van der Waals surface area contributed by atoms with Crippen molar-refractivity contribution in [1.29, 1.82) is 0 Å². The standard InChI is InChI=1S/C17H35N3O.HI/c1-14(7-8-16(2,3)4)20-15(18-5)19-13-17(9-10-17)11-12-21-6;/h14H,7-13H2,1-6H3,(H2,18,19,20);1H. The Morgan fingerprint density at radius 2 is 1.95 bits per heavy atom. The summed E-state index contributed by atoms with van der Waals surface area (Å²) < 4.78 is 5.21. The van der Waals surface area contributed by atoms with Gasteiger partial charge in [0.05, 0.1) is 0 Å². The molecule has 1 aliphatic rings. The van der Waals surface area contributed by atoms with Crippen LogP contribution in [0.15, 0.2) is 4.99 Å². The Morgan fingerprint density at radius 1 is 1.32 bits per heavy atom. The molecule has 0 saturated heterocycles. The molecule has 132 valence electrons. The molecule has 0 aromatic heterocycles. The van der Waals surface area contributed by atoms with Gasteiger partial charge in [-0.2, -0.15) is 0 Å². The maximum Gasteiger partial charge on any atom is 0.191 e. The molecule has 0 amide bonds. The van der Waals surface area contributed by atoms with Crippen molar-refractivity contribution in [2.45, 2.75) is 65.8 Å². The molecule has 0 aromatic carbocycles. The third-order valence-electron chi connectivity index (χ3n) is 4.36. The van der Waals surface area contributed by atoms with Gasteiger partial charge in [0.2, 0.25) is 0 Å². The third-order valence-corrected chi connectivity index (χ3v) is 4.36. The molecule has 22 heavy (non-hydrogen) atoms. The van der Waals surface area contributed by atoms with E-state index in [1.807, 2.05) is 7.05 Å². The molecule has 0 heterocycles. The number of hydrogen-bond acceptors (Lipinski definition) is 2. The van der Waals surface area contributed by atoms with Gasteiger partial charge in [0.1, 0.15) is 0 Å². The summed E-state index contributed by atoms with van der Waals surface area (Å²) in [6.07, 6.45) is 6.14. The summed E-state index contributed by atoms with van der Waals surface area (Å²) in [7, 11) is 3.63. The highest BCUT2D eigenvalue weighted by Crippen LogP contribution is 2.48. The number of nitrogens with one attached hydrogen (secondary N) is 2. The van der Waals surface area contributed by atoms with Gasteiger partial charge in [-0.15, -0.1) is 24.0 Å². The van der Waals surface area contributed by atoms with Crippen LogP contribution in [0.2, 0.25) is 0 Å². The second-order valence-corrected chi connectivity index (χ2v) is 7.81. The first-order valence-corrected chi connectivity index (χ1v) is 8.26. The molecule has 0 aromatic rings. The summed E-state index contributed by atoms with van der Waals surface area (Å²) >= 11 is 0. The smallest absolute Gasteiger partial charge is 0.191 e. The van der Waals surface area contributed by atoms with Crippen molar-refractivity contribution in [2.75, 3.05) is 27.3 Å². The van der Waals surface area contributed by atoms with E-state index in [4.69, 9.17) is 4.74 Å². The fourth-order valence-corrected chi connectivity index (χ4v) is 2.43. The van der Waals surface area contributed by atoms with Gasteiger partial charge in [0.25, 0.3) is 0 Å². The molecule has 5 heteroatoms. The Labute approximate surface area is 154 Å². The van der Waals surface area contributed by atoms with Crippen LogP contribution in [0.4, 0.5) is 0 Å². The van der Waals surface area contributed by atoms with Crippen LogP contribution >= 0.6 is 24.0 Å². The maximum absolute atomic E-state index is 5.21. The molecule has 4 nitrogen and oxygen atoms in total. The van der Waals surface area contributed by atoms with Gasteiger partial charge < -0.3 is 15.4 Å². The predicted molar refractivity (Wildman–Crippen MR) is 106 cm³/mol. The van der Waals surface area contributed by atoms with E-state index in [2.05, 4.69) is 43.3 Å². The zero-order valence-corrected chi connectivity index (χ0v) is 17.6. The Morgan fingerprint density at radius 3 is 2.41 bits per heavy atom. The molecule has 1 aliphatic carbocycles. The van der Waals surface area contributed by atoms with Gasteiger partial charge in [-0.25, -0.2) is 0 Å².